The van der Waals surface area contributed by atoms with E-state index < -0.39 is 10.1 Å². The number of carbonyl (C=O) groups excluding carboxylic acids is 1. The normalized spacial score (nSPS) is 12.4. The fraction of sp³-hybridized carbons (Fsp3) is 0.786. The summed E-state index contributed by atoms with van der Waals surface area (Å²) in [4.78, 5) is 14.7. The molecule has 0 aliphatic rings. The zero-order valence-electron chi connectivity index (χ0n) is 85.5. The van der Waals surface area contributed by atoms with E-state index in [1.807, 2.05) is 0 Å². The fourth-order valence-corrected chi connectivity index (χ4v) is 15.8. The van der Waals surface area contributed by atoms with Crippen molar-refractivity contribution in [2.24, 2.45) is 0 Å². The molecule has 0 aromatic rings. The Morgan fingerprint density at radius 2 is 0.476 bits per heavy atom. The first kappa shape index (κ1) is 129. The molecule has 126 heavy (non-hydrogen) atoms. The van der Waals surface area contributed by atoms with Crippen LogP contribution in [0.2, 0.25) is 0 Å². The Morgan fingerprint density at radius 1 is 0.278 bits per heavy atom. The summed E-state index contributed by atoms with van der Waals surface area (Å²) in [6.07, 6.45) is 154. The van der Waals surface area contributed by atoms with Gasteiger partial charge in [-0.15, -0.1) is 0 Å². The molecule has 7 nitrogen and oxygen atoms in total. The molecule has 0 saturated carbocycles. The van der Waals surface area contributed by atoms with Gasteiger partial charge in [0.2, 0.25) is 0 Å². The van der Waals surface area contributed by atoms with E-state index in [2.05, 4.69) is 222 Å². The van der Waals surface area contributed by atoms with Gasteiger partial charge >= 0.3 is 5.97 Å². The number of rotatable bonds is 95. The van der Waals surface area contributed by atoms with E-state index in [1.165, 1.54) is 410 Å². The van der Waals surface area contributed by atoms with Gasteiger partial charge in [0.25, 0.3) is 10.1 Å². The van der Waals surface area contributed by atoms with Crippen LogP contribution in [0.1, 0.15) is 542 Å². The first-order valence-corrected chi connectivity index (χ1v) is 57.5. The number of hydrogen-bond donors (Lipinski definition) is 1. The molecule has 0 heterocycles. The molecule has 0 rings (SSSR count). The van der Waals surface area contributed by atoms with Gasteiger partial charge in [-0.1, -0.05) is 447 Å². The molecule has 0 aliphatic heterocycles. The maximum absolute atomic E-state index is 12.5. The minimum atomic E-state index is -3.26. The van der Waals surface area contributed by atoms with Gasteiger partial charge in [0.15, 0.2) is 0 Å². The largest absolute Gasteiger partial charge is 0.462 e. The van der Waals surface area contributed by atoms with Crippen molar-refractivity contribution in [1.82, 2.24) is 4.90 Å². The van der Waals surface area contributed by atoms with Gasteiger partial charge in [-0.05, 0) is 271 Å². The highest BCUT2D eigenvalue weighted by Gasteiger charge is 2.15. The Labute approximate surface area is 797 Å². The Kier molecular flexibility index (Phi) is 122. The van der Waals surface area contributed by atoms with Crippen molar-refractivity contribution in [2.45, 2.75) is 555 Å². The third kappa shape index (κ3) is 131. The summed E-state index contributed by atoms with van der Waals surface area (Å²) >= 11 is 3.48. The van der Waals surface area contributed by atoms with Crippen LogP contribution in [0.5, 0.6) is 0 Å². The van der Waals surface area contributed by atoms with Crippen molar-refractivity contribution in [1.29, 1.82) is 0 Å². The molecular formula is C117H216BrNO6S. The van der Waals surface area contributed by atoms with E-state index in [-0.39, 0.29) is 18.2 Å². The fourth-order valence-electron chi connectivity index (χ4n) is 15.0. The number of hydrogen-bond acceptors (Lipinski definition) is 7. The van der Waals surface area contributed by atoms with Crippen molar-refractivity contribution in [3.05, 3.63) is 146 Å². The number of allylic oxidation sites excluding steroid dienone is 24. The second kappa shape index (κ2) is 120. The molecule has 0 saturated heterocycles. The van der Waals surface area contributed by atoms with Crippen LogP contribution in [-0.4, -0.2) is 75.4 Å². The zero-order chi connectivity index (χ0) is 92.5. The van der Waals surface area contributed by atoms with Gasteiger partial charge in [-0.2, -0.15) is 8.42 Å². The first-order chi connectivity index (χ1) is 61.9. The quantitative estimate of drug-likeness (QED) is 0.0213. The minimum absolute atomic E-state index is 0.00641. The van der Waals surface area contributed by atoms with Gasteiger partial charge in [0, 0.05) is 11.8 Å². The predicted molar refractivity (Wildman–Crippen MR) is 573 cm³/mol. The van der Waals surface area contributed by atoms with E-state index >= 15 is 0 Å². The highest BCUT2D eigenvalue weighted by atomic mass is 79.9. The van der Waals surface area contributed by atoms with E-state index in [0.29, 0.717) is 13.0 Å². The number of esters is 1. The summed E-state index contributed by atoms with van der Waals surface area (Å²) in [5.41, 5.74) is 0. The summed E-state index contributed by atoms with van der Waals surface area (Å²) in [7, 11) is 0.864. The molecule has 0 amide bonds. The Bertz CT molecular complexity index is 2460. The lowest BCUT2D eigenvalue weighted by Gasteiger charge is -2.18. The summed E-state index contributed by atoms with van der Waals surface area (Å²) in [5, 5.41) is 11.4. The number of carbonyl (C=O) groups is 1. The lowest BCUT2D eigenvalue weighted by atomic mass is 10.0. The molecule has 9 heteroatoms. The average molecular weight is 1840 g/mol. The maximum Gasteiger partial charge on any atom is 0.306 e. The lowest BCUT2D eigenvalue weighted by molar-refractivity contribution is -0.150. The van der Waals surface area contributed by atoms with Crippen LogP contribution in [-0.2, 0) is 23.8 Å². The van der Waals surface area contributed by atoms with Crippen molar-refractivity contribution in [2.75, 3.05) is 38.8 Å². The summed E-state index contributed by atoms with van der Waals surface area (Å²) < 4.78 is 32.2. The second-order valence-electron chi connectivity index (χ2n) is 36.5. The van der Waals surface area contributed by atoms with Gasteiger partial charge in [0.05, 0.1) is 19.0 Å². The Hall–Kier alpha value is -3.34. The number of aliphatic hydroxyl groups excluding tert-OH is 1. The number of halogens is 1. The lowest BCUT2D eigenvalue weighted by Crippen LogP contribution is -2.20. The third-order valence-corrected chi connectivity index (χ3v) is 24.3. The minimum Gasteiger partial charge on any atom is -0.462 e. The van der Waals surface area contributed by atoms with Gasteiger partial charge in [0.1, 0.15) is 6.10 Å². The highest BCUT2D eigenvalue weighted by Crippen LogP contribution is 2.21. The summed E-state index contributed by atoms with van der Waals surface area (Å²) in [5.74, 6) is 0.00641. The van der Waals surface area contributed by atoms with Crippen molar-refractivity contribution >= 4 is 32.0 Å². The molecule has 0 aromatic carbocycles. The summed E-state index contributed by atoms with van der Waals surface area (Å²) in [6.45, 7) is 14.8. The van der Waals surface area contributed by atoms with E-state index in [9.17, 15) is 18.3 Å². The third-order valence-electron chi connectivity index (χ3n) is 23.2. The molecule has 0 spiro atoms. The zero-order valence-corrected chi connectivity index (χ0v) is 87.9. The Balaban J connectivity index is -0.000000833. The topological polar surface area (TPSA) is 93.1 Å². The summed E-state index contributed by atoms with van der Waals surface area (Å²) in [6, 6.07) is 0. The van der Waals surface area contributed by atoms with E-state index in [0.717, 1.165) is 103 Å². The van der Waals surface area contributed by atoms with Crippen LogP contribution in [0.3, 0.4) is 0 Å². The number of aliphatic hydroxyl groups is 1. The van der Waals surface area contributed by atoms with Gasteiger partial charge < -0.3 is 14.7 Å². The molecule has 0 unspecified atom stereocenters. The molecule has 0 aromatic heterocycles. The molecule has 738 valence electrons. The molecule has 0 radical (unpaired) electrons. The molecule has 0 fully saturated rings. The second-order valence-corrected chi connectivity index (χ2v) is 39.0. The number of unbranched alkanes of at least 4 members (excludes halogenated alkanes) is 54. The van der Waals surface area contributed by atoms with Crippen LogP contribution < -0.4 is 0 Å². The number of nitrogens with zero attached hydrogens (tertiary/aromatic N) is 1. The van der Waals surface area contributed by atoms with Crippen LogP contribution >= 0.6 is 15.9 Å². The maximum atomic E-state index is 12.5. The van der Waals surface area contributed by atoms with Crippen LogP contribution in [0.4, 0.5) is 0 Å². The number of alkyl halides is 1. The average Bonchev–Trinajstić information content (AvgIpc) is 0.959. The smallest absolute Gasteiger partial charge is 0.306 e. The first-order valence-electron chi connectivity index (χ1n) is 54.6. The van der Waals surface area contributed by atoms with Crippen molar-refractivity contribution in [3.8, 4) is 0 Å². The molecule has 0 atom stereocenters. The van der Waals surface area contributed by atoms with Crippen molar-refractivity contribution < 1.29 is 27.2 Å². The van der Waals surface area contributed by atoms with Crippen molar-refractivity contribution in [3.63, 3.8) is 0 Å². The standard InChI is InChI=1S/C43H79NO2.C37H68O.C19H36O3S.C18H33Br/c1-5-7-9-11-13-15-17-19-21-23-25-27-29-31-33-35-38-42(46-43(45)40-37-41-44(3)4)39-36-34-32-30-28-26-24-22-20-18-16-14-12-10-8-6-2;1-3-5-7-9-11-13-15-17-19-21-23-25-27-29-31-33-35-37(38)36-34-32-30-28-26-24-22-20-18-16-14-12-10-8-6-4-2;1-3-4-5-6-7-8-9-10-11-12-13-14-15-16-17-18-19-22-23(2,20)21;1-2-3-4-5-6-7-8-9-10-11-12-13-14-15-16-17-18-19/h13-16,19-22,42H,5-12,17-18,23-41H2,1-4H3;11-14,17-20,37-38H,3-10,15-16,21-36H2,1-2H3;7-8,10-11H,3-6,9,12-19H2,1-2H3;6-7,9-10H,2-5,8,11-18H2,1H3/b15-13-,16-14-,21-19-,22-20-;13-11-,14-12-,19-17-,20-18-;8-7-,11-10-;7-6-,10-9-. The number of ether oxygens (including phenoxy) is 1. The van der Waals surface area contributed by atoms with Crippen LogP contribution in [0, 0.1) is 0 Å². The van der Waals surface area contributed by atoms with Crippen LogP contribution in [0.15, 0.2) is 146 Å². The molecule has 0 aliphatic carbocycles. The molecular weight excluding hydrogens is 1630 g/mol. The molecule has 1 N–H and O–H groups in total. The monoisotopic (exact) mass is 1840 g/mol. The van der Waals surface area contributed by atoms with Crippen LogP contribution in [0.25, 0.3) is 0 Å². The highest BCUT2D eigenvalue weighted by molar-refractivity contribution is 9.09. The van der Waals surface area contributed by atoms with E-state index in [1.54, 1.807) is 0 Å². The predicted octanol–water partition coefficient (Wildman–Crippen LogP) is 39.4. The SMILES string of the molecule is CCCCC/C=C\C/C=C\CCCCCCCCBr.CCCCC/C=C\C/C=C\CCCCCCCCC(CCCCCCCC/C=C\C/C=C\CCCCC)OC(=O)CCCN(C)C.CCCCC/C=C\C/C=C\CCCCCCCCC(O)CCCCCCCC/C=C\C/C=C\CCCCC.CCCCC/C=C\C/C=C\CCCCCCCCOS(C)(=O)=O. The van der Waals surface area contributed by atoms with E-state index in [4.69, 9.17) is 8.92 Å². The Morgan fingerprint density at radius 3 is 0.690 bits per heavy atom. The van der Waals surface area contributed by atoms with Gasteiger partial charge in [-0.3, -0.25) is 8.98 Å². The van der Waals surface area contributed by atoms with Gasteiger partial charge in [-0.25, -0.2) is 0 Å². The molecule has 0 bridgehead atoms.